The molecule has 0 heterocycles. The lowest BCUT2D eigenvalue weighted by atomic mass is 10.0. The van der Waals surface area contributed by atoms with Crippen molar-refractivity contribution in [3.05, 3.63) is 0 Å². The number of hydrogen-bond acceptors (Lipinski definition) is 3. The lowest BCUT2D eigenvalue weighted by Crippen LogP contribution is -2.55. The molecule has 0 aromatic rings. The molecule has 0 radical (unpaired) electrons. The molecule has 6 heteroatoms. The summed E-state index contributed by atoms with van der Waals surface area (Å²) in [7, 11) is 1.46. The number of carboxylic acid groups (broad SMARTS) is 1. The van der Waals surface area contributed by atoms with E-state index in [1.54, 1.807) is 0 Å². The van der Waals surface area contributed by atoms with E-state index in [4.69, 9.17) is 9.84 Å². The Morgan fingerprint density at radius 2 is 1.78 bits per heavy atom. The first kappa shape index (κ1) is 16.7. The van der Waals surface area contributed by atoms with E-state index in [1.165, 1.54) is 20.9 Å². The number of hydrogen-bond donors (Lipinski definition) is 2. The normalized spacial score (nSPS) is 12.1. The maximum Gasteiger partial charge on any atom is 0.329 e. The van der Waals surface area contributed by atoms with Gasteiger partial charge in [0.15, 0.2) is 0 Å². The smallest absolute Gasteiger partial charge is 0.329 e. The first-order chi connectivity index (χ1) is 8.04. The molecule has 0 aromatic carbocycles. The summed E-state index contributed by atoms with van der Waals surface area (Å²) in [5.74, 6) is -1.05. The minimum Gasteiger partial charge on any atom is -0.480 e. The highest BCUT2D eigenvalue weighted by molar-refractivity contribution is 5.85. The van der Waals surface area contributed by atoms with Crippen LogP contribution in [0.2, 0.25) is 0 Å². The van der Waals surface area contributed by atoms with Crippen molar-refractivity contribution >= 4 is 12.0 Å². The Bertz CT molecular complexity index is 313. The number of ether oxygens (including phenoxy) is 1. The van der Waals surface area contributed by atoms with Crippen LogP contribution in [0.4, 0.5) is 4.79 Å². The average Bonchev–Trinajstić information content (AvgIpc) is 2.24. The van der Waals surface area contributed by atoms with Crippen LogP contribution < -0.4 is 5.32 Å². The Morgan fingerprint density at radius 3 is 2.17 bits per heavy atom. The predicted octanol–water partition coefficient (Wildman–Crippen LogP) is 1.31. The Kier molecular flexibility index (Phi) is 5.60. The standard InChI is InChI=1S/C12H24N2O4/c1-7-18-11(2,3)8-13-10(17)14(6)12(4,5)9(15)16/h7-8H2,1-6H3,(H,13,17)(H,15,16). The van der Waals surface area contributed by atoms with Gasteiger partial charge in [-0.1, -0.05) is 0 Å². The van der Waals surface area contributed by atoms with E-state index >= 15 is 0 Å². The van der Waals surface area contributed by atoms with Gasteiger partial charge in [0.05, 0.1) is 5.60 Å². The van der Waals surface area contributed by atoms with Gasteiger partial charge in [0, 0.05) is 20.2 Å². The van der Waals surface area contributed by atoms with Crippen LogP contribution in [0.15, 0.2) is 0 Å². The fourth-order valence-electron chi connectivity index (χ4n) is 1.25. The zero-order chi connectivity index (χ0) is 14.6. The summed E-state index contributed by atoms with van der Waals surface area (Å²) in [4.78, 5) is 24.0. The van der Waals surface area contributed by atoms with Gasteiger partial charge in [0.2, 0.25) is 0 Å². The van der Waals surface area contributed by atoms with Crippen molar-refractivity contribution in [3.8, 4) is 0 Å². The molecule has 0 rings (SSSR count). The van der Waals surface area contributed by atoms with Crippen LogP contribution in [0.5, 0.6) is 0 Å². The van der Waals surface area contributed by atoms with Gasteiger partial charge in [0.1, 0.15) is 5.54 Å². The molecule has 0 aliphatic rings. The number of likely N-dealkylation sites (N-methyl/N-ethyl adjacent to an activating group) is 1. The molecule has 0 aliphatic heterocycles. The Labute approximate surface area is 108 Å². The second kappa shape index (κ2) is 6.04. The first-order valence-corrected chi connectivity index (χ1v) is 5.93. The third-order valence-corrected chi connectivity index (χ3v) is 2.87. The van der Waals surface area contributed by atoms with Gasteiger partial charge in [-0.2, -0.15) is 0 Å². The van der Waals surface area contributed by atoms with Crippen LogP contribution in [0.3, 0.4) is 0 Å². The van der Waals surface area contributed by atoms with Gasteiger partial charge in [-0.3, -0.25) is 0 Å². The minimum absolute atomic E-state index is 0.319. The third-order valence-electron chi connectivity index (χ3n) is 2.87. The number of carbonyl (C=O) groups excluding carboxylic acids is 1. The molecule has 0 fully saturated rings. The van der Waals surface area contributed by atoms with Crippen LogP contribution in [-0.4, -0.2) is 53.3 Å². The molecule has 0 saturated heterocycles. The highest BCUT2D eigenvalue weighted by Crippen LogP contribution is 2.13. The zero-order valence-electron chi connectivity index (χ0n) is 12.0. The van der Waals surface area contributed by atoms with E-state index in [2.05, 4.69) is 5.32 Å². The van der Waals surface area contributed by atoms with Crippen molar-refractivity contribution < 1.29 is 19.4 Å². The molecule has 0 aliphatic carbocycles. The molecule has 18 heavy (non-hydrogen) atoms. The molecule has 0 saturated carbocycles. The summed E-state index contributed by atoms with van der Waals surface area (Å²) >= 11 is 0. The lowest BCUT2D eigenvalue weighted by molar-refractivity contribution is -0.146. The maximum atomic E-state index is 11.8. The van der Waals surface area contributed by atoms with Crippen molar-refractivity contribution in [3.63, 3.8) is 0 Å². The molecule has 106 valence electrons. The predicted molar refractivity (Wildman–Crippen MR) is 68.6 cm³/mol. The topological polar surface area (TPSA) is 78.9 Å². The average molecular weight is 260 g/mol. The molecule has 2 N–H and O–H groups in total. The number of urea groups is 1. The minimum atomic E-state index is -1.25. The number of amides is 2. The Morgan fingerprint density at radius 1 is 1.28 bits per heavy atom. The summed E-state index contributed by atoms with van der Waals surface area (Å²) in [5.41, 5.74) is -1.72. The fraction of sp³-hybridized carbons (Fsp3) is 0.833. The number of rotatable bonds is 6. The van der Waals surface area contributed by atoms with Crippen molar-refractivity contribution in [2.75, 3.05) is 20.2 Å². The molecule has 2 amide bonds. The van der Waals surface area contributed by atoms with E-state index in [-0.39, 0.29) is 0 Å². The monoisotopic (exact) mass is 260 g/mol. The van der Waals surface area contributed by atoms with Gasteiger partial charge < -0.3 is 20.1 Å². The van der Waals surface area contributed by atoms with Gasteiger partial charge in [-0.15, -0.1) is 0 Å². The lowest BCUT2D eigenvalue weighted by Gasteiger charge is -2.33. The van der Waals surface area contributed by atoms with Gasteiger partial charge in [-0.25, -0.2) is 9.59 Å². The summed E-state index contributed by atoms with van der Waals surface area (Å²) in [5, 5.41) is 11.7. The van der Waals surface area contributed by atoms with Gasteiger partial charge >= 0.3 is 12.0 Å². The molecular formula is C12H24N2O4. The summed E-state index contributed by atoms with van der Waals surface area (Å²) in [6.45, 7) is 9.42. The molecule has 0 bridgehead atoms. The number of nitrogens with zero attached hydrogens (tertiary/aromatic N) is 1. The van der Waals surface area contributed by atoms with Gasteiger partial charge in [0.25, 0.3) is 0 Å². The summed E-state index contributed by atoms with van der Waals surface area (Å²) in [6.07, 6.45) is 0. The molecular weight excluding hydrogens is 236 g/mol. The zero-order valence-corrected chi connectivity index (χ0v) is 12.0. The quantitative estimate of drug-likeness (QED) is 0.754. The highest BCUT2D eigenvalue weighted by Gasteiger charge is 2.35. The largest absolute Gasteiger partial charge is 0.480 e. The molecule has 0 atom stereocenters. The Balaban J connectivity index is 4.47. The molecule has 6 nitrogen and oxygen atoms in total. The van der Waals surface area contributed by atoms with Crippen LogP contribution >= 0.6 is 0 Å². The van der Waals surface area contributed by atoms with E-state index in [9.17, 15) is 9.59 Å². The number of aliphatic carboxylic acids is 1. The number of nitrogens with one attached hydrogen (secondary N) is 1. The van der Waals surface area contributed by atoms with E-state index in [0.29, 0.717) is 13.2 Å². The number of carbonyl (C=O) groups is 2. The Hall–Kier alpha value is -1.30. The van der Waals surface area contributed by atoms with Crippen LogP contribution in [0, 0.1) is 0 Å². The SMILES string of the molecule is CCOC(C)(C)CNC(=O)N(C)C(C)(C)C(=O)O. The van der Waals surface area contributed by atoms with E-state index in [0.717, 1.165) is 4.90 Å². The van der Waals surface area contributed by atoms with E-state index in [1.807, 2.05) is 20.8 Å². The highest BCUT2D eigenvalue weighted by atomic mass is 16.5. The van der Waals surface area contributed by atoms with Crippen LogP contribution in [0.1, 0.15) is 34.6 Å². The van der Waals surface area contributed by atoms with Gasteiger partial charge in [-0.05, 0) is 34.6 Å². The molecule has 0 spiro atoms. The second-order valence-electron chi connectivity index (χ2n) is 5.27. The third kappa shape index (κ3) is 4.52. The first-order valence-electron chi connectivity index (χ1n) is 5.93. The molecule has 0 aromatic heterocycles. The van der Waals surface area contributed by atoms with Crippen molar-refractivity contribution in [1.29, 1.82) is 0 Å². The maximum absolute atomic E-state index is 11.8. The molecule has 0 unspecified atom stereocenters. The van der Waals surface area contributed by atoms with Crippen molar-refractivity contribution in [2.45, 2.75) is 45.8 Å². The second-order valence-corrected chi connectivity index (χ2v) is 5.27. The fourth-order valence-corrected chi connectivity index (χ4v) is 1.25. The van der Waals surface area contributed by atoms with Crippen molar-refractivity contribution in [2.24, 2.45) is 0 Å². The summed E-state index contributed by atoms with van der Waals surface area (Å²) < 4.78 is 5.44. The van der Waals surface area contributed by atoms with Crippen LogP contribution in [-0.2, 0) is 9.53 Å². The van der Waals surface area contributed by atoms with Crippen molar-refractivity contribution in [1.82, 2.24) is 10.2 Å². The van der Waals surface area contributed by atoms with E-state index < -0.39 is 23.1 Å². The van der Waals surface area contributed by atoms with Crippen LogP contribution in [0.25, 0.3) is 0 Å². The number of carboxylic acids is 1. The summed E-state index contributed by atoms with van der Waals surface area (Å²) in [6, 6.07) is -0.435.